The Labute approximate surface area is 214 Å². The van der Waals surface area contributed by atoms with E-state index in [1.165, 1.54) is 12.1 Å². The second-order valence-electron chi connectivity index (χ2n) is 9.67. The summed E-state index contributed by atoms with van der Waals surface area (Å²) in [7, 11) is -1.24. The fraction of sp³-hybridized carbons (Fsp3) is 0.520. The highest BCUT2D eigenvalue weighted by Gasteiger charge is 2.40. The van der Waals surface area contributed by atoms with E-state index in [1.54, 1.807) is 12.1 Å². The Kier molecular flexibility index (Phi) is 6.96. The van der Waals surface area contributed by atoms with Gasteiger partial charge in [0.15, 0.2) is 0 Å². The number of anilines is 2. The summed E-state index contributed by atoms with van der Waals surface area (Å²) in [6.07, 6.45) is 4.72. The van der Waals surface area contributed by atoms with Gasteiger partial charge in [-0.1, -0.05) is 12.1 Å². The van der Waals surface area contributed by atoms with E-state index in [-0.39, 0.29) is 29.2 Å². The zero-order chi connectivity index (χ0) is 25.5. The van der Waals surface area contributed by atoms with Crippen molar-refractivity contribution in [3.8, 4) is 6.07 Å². The van der Waals surface area contributed by atoms with E-state index in [0.717, 1.165) is 43.4 Å². The molecule has 1 aliphatic carbocycles. The third-order valence-electron chi connectivity index (χ3n) is 7.45. The smallest absolute Gasteiger partial charge is 0.394 e. The molecule has 1 saturated carbocycles. The summed E-state index contributed by atoms with van der Waals surface area (Å²) in [5.74, 6) is 1.27. The second-order valence-corrected chi connectivity index (χ2v) is 12.3. The molecule has 6 nitrogen and oxygen atoms in total. The standard InChI is InChI=1S/C25H27F3N4O2S2/c26-25(27,28)35-18-4-2-16(3-5-18)17-6-11-32(12-7-17)23-19(14-29)21(31-24(15-33)9-1-10-24)22-20(30-23)8-13-36(22)34/h2-5,17,33H,1,6-13,15H2,(H,30,31)/t36-/m1/s1. The largest absolute Gasteiger partial charge is 0.446 e. The van der Waals surface area contributed by atoms with Crippen LogP contribution in [0.3, 0.4) is 0 Å². The van der Waals surface area contributed by atoms with Gasteiger partial charge < -0.3 is 15.3 Å². The van der Waals surface area contributed by atoms with Crippen molar-refractivity contribution in [1.29, 1.82) is 5.26 Å². The molecule has 36 heavy (non-hydrogen) atoms. The summed E-state index contributed by atoms with van der Waals surface area (Å²) >= 11 is -0.110. The van der Waals surface area contributed by atoms with Gasteiger partial charge in [-0.15, -0.1) is 0 Å². The van der Waals surface area contributed by atoms with Crippen LogP contribution in [0.15, 0.2) is 34.1 Å². The van der Waals surface area contributed by atoms with E-state index in [0.29, 0.717) is 47.2 Å². The van der Waals surface area contributed by atoms with Crippen LogP contribution in [-0.4, -0.2) is 50.8 Å². The van der Waals surface area contributed by atoms with Gasteiger partial charge in [0.1, 0.15) is 17.5 Å². The number of pyridine rings is 1. The van der Waals surface area contributed by atoms with E-state index < -0.39 is 21.8 Å². The number of nitrogens with zero attached hydrogens (tertiary/aromatic N) is 3. The maximum atomic E-state index is 12.8. The van der Waals surface area contributed by atoms with Crippen LogP contribution in [0.25, 0.3) is 0 Å². The number of hydrogen-bond acceptors (Lipinski definition) is 7. The van der Waals surface area contributed by atoms with E-state index >= 15 is 0 Å². The SMILES string of the molecule is N#Cc1c(N2CCC(c3ccc(SC(F)(F)F)cc3)CC2)nc2c(c1NC1(CO)CCC1)[S@](=O)CC2. The monoisotopic (exact) mass is 536 g/mol. The lowest BCUT2D eigenvalue weighted by molar-refractivity contribution is -0.0328. The van der Waals surface area contributed by atoms with Crippen LogP contribution >= 0.6 is 11.8 Å². The molecule has 192 valence electrons. The van der Waals surface area contributed by atoms with Crippen LogP contribution in [0.1, 0.15) is 54.8 Å². The van der Waals surface area contributed by atoms with E-state index in [9.17, 15) is 27.7 Å². The van der Waals surface area contributed by atoms with Gasteiger partial charge in [0.05, 0.1) is 39.2 Å². The molecule has 0 unspecified atom stereocenters. The summed E-state index contributed by atoms with van der Waals surface area (Å²) in [4.78, 5) is 7.66. The Hall–Kier alpha value is -2.29. The number of aromatic nitrogens is 1. The van der Waals surface area contributed by atoms with E-state index in [1.807, 2.05) is 0 Å². The van der Waals surface area contributed by atoms with Crippen molar-refractivity contribution < 1.29 is 22.5 Å². The number of hydrogen-bond donors (Lipinski definition) is 2. The molecular formula is C25H27F3N4O2S2. The number of rotatable bonds is 6. The molecule has 5 rings (SSSR count). The molecule has 0 bridgehead atoms. The summed E-state index contributed by atoms with van der Waals surface area (Å²) in [5, 5.41) is 23.6. The number of aliphatic hydroxyl groups excluding tert-OH is 1. The number of piperidine rings is 1. The number of aryl methyl sites for hydroxylation is 1. The Bertz CT molecular complexity index is 1200. The van der Waals surface area contributed by atoms with Gasteiger partial charge in [0.2, 0.25) is 0 Å². The molecule has 0 amide bonds. The van der Waals surface area contributed by atoms with Crippen molar-refractivity contribution in [2.24, 2.45) is 0 Å². The van der Waals surface area contributed by atoms with Crippen molar-refractivity contribution >= 4 is 34.1 Å². The molecule has 1 aromatic heterocycles. The van der Waals surface area contributed by atoms with Crippen molar-refractivity contribution in [2.45, 2.75) is 65.3 Å². The Morgan fingerprint density at radius 3 is 2.50 bits per heavy atom. The number of aliphatic hydroxyl groups is 1. The molecule has 2 fully saturated rings. The summed E-state index contributed by atoms with van der Waals surface area (Å²) in [6.45, 7) is 1.25. The minimum absolute atomic E-state index is 0.0530. The molecule has 1 aromatic carbocycles. The molecule has 0 spiro atoms. The first-order chi connectivity index (χ1) is 17.2. The quantitative estimate of drug-likeness (QED) is 0.506. The molecule has 1 atom stereocenters. The minimum atomic E-state index is -4.30. The van der Waals surface area contributed by atoms with Crippen LogP contribution in [0.5, 0.6) is 0 Å². The molecular weight excluding hydrogens is 509 g/mol. The fourth-order valence-electron chi connectivity index (χ4n) is 5.32. The number of thioether (sulfide) groups is 1. The highest BCUT2D eigenvalue weighted by Crippen LogP contribution is 2.43. The predicted molar refractivity (Wildman–Crippen MR) is 134 cm³/mol. The van der Waals surface area contributed by atoms with Gasteiger partial charge in [0.25, 0.3) is 0 Å². The molecule has 0 radical (unpaired) electrons. The molecule has 2 N–H and O–H groups in total. The zero-order valence-electron chi connectivity index (χ0n) is 19.6. The maximum Gasteiger partial charge on any atom is 0.446 e. The molecule has 1 saturated heterocycles. The lowest BCUT2D eigenvalue weighted by Crippen LogP contribution is -2.48. The third-order valence-corrected chi connectivity index (χ3v) is 9.66. The van der Waals surface area contributed by atoms with Gasteiger partial charge in [-0.2, -0.15) is 18.4 Å². The van der Waals surface area contributed by atoms with Crippen molar-refractivity contribution in [1.82, 2.24) is 4.98 Å². The lowest BCUT2D eigenvalue weighted by Gasteiger charge is -2.42. The molecule has 2 aromatic rings. The highest BCUT2D eigenvalue weighted by molar-refractivity contribution is 8.00. The fourth-order valence-corrected chi connectivity index (χ4v) is 7.24. The summed E-state index contributed by atoms with van der Waals surface area (Å²) in [6, 6.07) is 8.88. The van der Waals surface area contributed by atoms with Gasteiger partial charge in [-0.3, -0.25) is 4.21 Å². The molecule has 11 heteroatoms. The van der Waals surface area contributed by atoms with Crippen molar-refractivity contribution in [3.63, 3.8) is 0 Å². The Morgan fingerprint density at radius 2 is 1.94 bits per heavy atom. The zero-order valence-corrected chi connectivity index (χ0v) is 21.2. The van der Waals surface area contributed by atoms with Crippen LogP contribution in [-0.2, 0) is 17.2 Å². The van der Waals surface area contributed by atoms with Gasteiger partial charge in [-0.05, 0) is 67.5 Å². The minimum Gasteiger partial charge on any atom is -0.394 e. The maximum absolute atomic E-state index is 12.8. The van der Waals surface area contributed by atoms with Crippen molar-refractivity contribution in [3.05, 3.63) is 41.1 Å². The van der Waals surface area contributed by atoms with E-state index in [4.69, 9.17) is 4.98 Å². The van der Waals surface area contributed by atoms with Crippen LogP contribution in [0, 0.1) is 11.3 Å². The van der Waals surface area contributed by atoms with Gasteiger partial charge >= 0.3 is 5.51 Å². The first kappa shape index (κ1) is 25.4. The third kappa shape index (κ3) is 4.95. The van der Waals surface area contributed by atoms with Gasteiger partial charge in [0, 0.05) is 30.2 Å². The number of halogens is 3. The molecule has 2 aliphatic heterocycles. The topological polar surface area (TPSA) is 89.2 Å². The molecule has 3 aliphatic rings. The average Bonchev–Trinajstić information content (AvgIpc) is 3.21. The second kappa shape index (κ2) is 9.88. The number of benzene rings is 1. The van der Waals surface area contributed by atoms with Crippen LogP contribution in [0.4, 0.5) is 24.7 Å². The number of nitriles is 1. The highest BCUT2D eigenvalue weighted by atomic mass is 32.2. The summed E-state index contributed by atoms with van der Waals surface area (Å²) < 4.78 is 50.7. The van der Waals surface area contributed by atoms with Gasteiger partial charge in [-0.25, -0.2) is 4.98 Å². The number of fused-ring (bicyclic) bond motifs is 1. The average molecular weight is 537 g/mol. The molecule has 3 heterocycles. The van der Waals surface area contributed by atoms with Crippen molar-refractivity contribution in [2.75, 3.05) is 35.7 Å². The lowest BCUT2D eigenvalue weighted by atomic mass is 9.77. The summed E-state index contributed by atoms with van der Waals surface area (Å²) in [5.41, 5.74) is -2.11. The normalized spacial score (nSPS) is 21.5. The number of nitrogens with one attached hydrogen (secondary N) is 1. The van der Waals surface area contributed by atoms with Crippen LogP contribution in [0.2, 0.25) is 0 Å². The Morgan fingerprint density at radius 1 is 1.25 bits per heavy atom. The Balaban J connectivity index is 1.37. The first-order valence-electron chi connectivity index (χ1n) is 12.1. The van der Waals surface area contributed by atoms with Crippen LogP contribution < -0.4 is 10.2 Å². The number of alkyl halides is 3. The first-order valence-corrected chi connectivity index (χ1v) is 14.2. The van der Waals surface area contributed by atoms with E-state index in [2.05, 4.69) is 16.3 Å². The predicted octanol–water partition coefficient (Wildman–Crippen LogP) is 4.94.